The molecule has 208 valence electrons. The maximum atomic E-state index is 11.5. The van der Waals surface area contributed by atoms with Crippen molar-refractivity contribution in [1.29, 1.82) is 0 Å². The van der Waals surface area contributed by atoms with Crippen LogP contribution in [0.2, 0.25) is 0 Å². The number of amidine groups is 1. The van der Waals surface area contributed by atoms with Crippen molar-refractivity contribution in [1.82, 2.24) is 14.9 Å². The summed E-state index contributed by atoms with van der Waals surface area (Å²) in [4.78, 5) is 22.4. The van der Waals surface area contributed by atoms with Gasteiger partial charge in [-0.3, -0.25) is 10.1 Å². The third-order valence-electron chi connectivity index (χ3n) is 6.67. The molecule has 1 aliphatic heterocycles. The number of unbranched alkanes of at least 4 members (excludes halogenated alkanes) is 2. The van der Waals surface area contributed by atoms with Gasteiger partial charge in [-0.1, -0.05) is 56.9 Å². The molecule has 0 fully saturated rings. The van der Waals surface area contributed by atoms with Gasteiger partial charge in [-0.15, -0.1) is 0 Å². The number of hydrogen-bond acceptors (Lipinski definition) is 7. The van der Waals surface area contributed by atoms with Gasteiger partial charge in [0.15, 0.2) is 5.84 Å². The second kappa shape index (κ2) is 14.1. The van der Waals surface area contributed by atoms with Gasteiger partial charge >= 0.3 is 0 Å². The minimum absolute atomic E-state index is 0.0675. The predicted molar refractivity (Wildman–Crippen MR) is 161 cm³/mol. The molecule has 39 heavy (non-hydrogen) atoms. The minimum atomic E-state index is -0.357. The lowest BCUT2D eigenvalue weighted by Crippen LogP contribution is -2.22. The zero-order chi connectivity index (χ0) is 28.4. The molecule has 2 heterocycles. The molecule has 0 spiro atoms. The van der Waals surface area contributed by atoms with Crippen LogP contribution in [0.5, 0.6) is 0 Å². The number of imidazole rings is 1. The average molecular weight is 532 g/mol. The third kappa shape index (κ3) is 7.69. The van der Waals surface area contributed by atoms with Crippen molar-refractivity contribution in [2.45, 2.75) is 58.4 Å². The zero-order valence-electron chi connectivity index (χ0n) is 23.4. The number of allylic oxidation sites excluding steroid dienone is 5. The number of nitrogens with two attached hydrogens (primary N) is 1. The highest BCUT2D eigenvalue weighted by molar-refractivity contribution is 5.98. The number of fused-ring (bicyclic) bond motifs is 1. The summed E-state index contributed by atoms with van der Waals surface area (Å²) in [6, 6.07) is 5.19. The summed E-state index contributed by atoms with van der Waals surface area (Å²) < 4.78 is 2.33. The summed E-state index contributed by atoms with van der Waals surface area (Å²) in [5, 5.41) is 14.9. The van der Waals surface area contributed by atoms with Gasteiger partial charge in [0.1, 0.15) is 17.2 Å². The summed E-state index contributed by atoms with van der Waals surface area (Å²) >= 11 is 0. The van der Waals surface area contributed by atoms with Gasteiger partial charge in [-0.25, -0.2) is 9.98 Å². The van der Waals surface area contributed by atoms with E-state index in [4.69, 9.17) is 10.7 Å². The topological polar surface area (TPSA) is 115 Å². The molecule has 1 aliphatic rings. The molecule has 9 nitrogen and oxygen atoms in total. The normalized spacial score (nSPS) is 13.8. The monoisotopic (exact) mass is 531 g/mol. The maximum absolute atomic E-state index is 11.5. The summed E-state index contributed by atoms with van der Waals surface area (Å²) in [6.07, 6.45) is 14.3. The Morgan fingerprint density at radius 1 is 1.31 bits per heavy atom. The van der Waals surface area contributed by atoms with Crippen LogP contribution >= 0.6 is 0 Å². The second-order valence-electron chi connectivity index (χ2n) is 9.81. The Bertz CT molecular complexity index is 1280. The van der Waals surface area contributed by atoms with Crippen LogP contribution in [0.4, 0.5) is 11.4 Å². The zero-order valence-corrected chi connectivity index (χ0v) is 23.4. The molecular formula is C30H41N7O2. The summed E-state index contributed by atoms with van der Waals surface area (Å²) in [5.74, 6) is 1.55. The highest BCUT2D eigenvalue weighted by Crippen LogP contribution is 2.29. The Morgan fingerprint density at radius 3 is 2.79 bits per heavy atom. The number of nitro groups is 1. The molecule has 1 aromatic carbocycles. The summed E-state index contributed by atoms with van der Waals surface area (Å²) in [7, 11) is 3.58. The molecular weight excluding hydrogens is 490 g/mol. The molecule has 0 radical (unpaired) electrons. The van der Waals surface area contributed by atoms with Gasteiger partial charge in [0.05, 0.1) is 10.6 Å². The third-order valence-corrected chi connectivity index (χ3v) is 6.67. The van der Waals surface area contributed by atoms with E-state index >= 15 is 0 Å². The number of hydrogen-bond donors (Lipinski definition) is 2. The smallest absolute Gasteiger partial charge is 0.293 e. The Kier molecular flexibility index (Phi) is 10.7. The van der Waals surface area contributed by atoms with E-state index in [0.717, 1.165) is 73.5 Å². The molecule has 0 atom stereocenters. The highest BCUT2D eigenvalue weighted by Gasteiger charge is 2.24. The van der Waals surface area contributed by atoms with Crippen LogP contribution < -0.4 is 16.0 Å². The Morgan fingerprint density at radius 2 is 2.10 bits per heavy atom. The second-order valence-corrected chi connectivity index (χ2v) is 9.81. The number of aliphatic imine (C=N–C) groups is 1. The van der Waals surface area contributed by atoms with Gasteiger partial charge < -0.3 is 20.5 Å². The molecule has 0 saturated carbocycles. The van der Waals surface area contributed by atoms with E-state index in [1.807, 2.05) is 18.2 Å². The molecule has 3 N–H and O–H groups in total. The molecule has 0 amide bonds. The fourth-order valence-electron chi connectivity index (χ4n) is 4.60. The molecule has 1 aromatic heterocycles. The van der Waals surface area contributed by atoms with E-state index < -0.39 is 0 Å². The first-order valence-electron chi connectivity index (χ1n) is 13.5. The SMILES string of the molecule is C=C/C=C\C/C=C1\Cc2c(nc(CCCC)n2CCCCNC(=C)c2ccc(N(C)C)c([N+](=O)[O-])c2)C(N)=N1. The maximum Gasteiger partial charge on any atom is 0.293 e. The number of nitrogens with zero attached hydrogens (tertiary/aromatic N) is 5. The van der Waals surface area contributed by atoms with Crippen molar-refractivity contribution >= 4 is 22.9 Å². The molecule has 9 heteroatoms. The number of benzene rings is 1. The van der Waals surface area contributed by atoms with Gasteiger partial charge in [0, 0.05) is 63.1 Å². The van der Waals surface area contributed by atoms with E-state index in [0.29, 0.717) is 30.2 Å². The number of aryl methyl sites for hydroxylation is 1. The number of anilines is 1. The van der Waals surface area contributed by atoms with E-state index in [2.05, 4.69) is 41.0 Å². The van der Waals surface area contributed by atoms with Crippen LogP contribution in [0.15, 0.2) is 66.4 Å². The van der Waals surface area contributed by atoms with E-state index in [1.165, 1.54) is 0 Å². The predicted octanol–water partition coefficient (Wildman–Crippen LogP) is 5.52. The van der Waals surface area contributed by atoms with Crippen molar-refractivity contribution in [2.24, 2.45) is 10.7 Å². The lowest BCUT2D eigenvalue weighted by atomic mass is 10.1. The molecule has 0 bridgehead atoms. The summed E-state index contributed by atoms with van der Waals surface area (Å²) in [5.41, 5.74) is 11.3. The van der Waals surface area contributed by atoms with Crippen molar-refractivity contribution < 1.29 is 4.92 Å². The minimum Gasteiger partial charge on any atom is -0.385 e. The molecule has 0 unspecified atom stereocenters. The van der Waals surface area contributed by atoms with Gasteiger partial charge in [-0.2, -0.15) is 0 Å². The lowest BCUT2D eigenvalue weighted by molar-refractivity contribution is -0.384. The Hall–Kier alpha value is -4.14. The van der Waals surface area contributed by atoms with Crippen molar-refractivity contribution in [3.63, 3.8) is 0 Å². The Balaban J connectivity index is 1.64. The van der Waals surface area contributed by atoms with Crippen LogP contribution in [0, 0.1) is 10.1 Å². The number of rotatable bonds is 15. The number of nitrogens with one attached hydrogen (secondary N) is 1. The quantitative estimate of drug-likeness (QED) is 0.135. The number of nitro benzene ring substituents is 1. The van der Waals surface area contributed by atoms with Crippen molar-refractivity contribution in [3.05, 3.63) is 94.2 Å². The van der Waals surface area contributed by atoms with Crippen LogP contribution in [0.1, 0.15) is 61.8 Å². The first-order chi connectivity index (χ1) is 18.8. The molecule has 0 saturated heterocycles. The van der Waals surface area contributed by atoms with Crippen molar-refractivity contribution in [2.75, 3.05) is 25.5 Å². The molecule has 3 rings (SSSR count). The largest absolute Gasteiger partial charge is 0.385 e. The van der Waals surface area contributed by atoms with E-state index in [1.54, 1.807) is 37.2 Å². The highest BCUT2D eigenvalue weighted by atomic mass is 16.6. The van der Waals surface area contributed by atoms with Gasteiger partial charge in [0.25, 0.3) is 5.69 Å². The lowest BCUT2D eigenvalue weighted by Gasteiger charge is -2.17. The van der Waals surface area contributed by atoms with Crippen LogP contribution in [-0.2, 0) is 19.4 Å². The Labute approximate surface area is 231 Å². The van der Waals surface area contributed by atoms with Gasteiger partial charge in [0.2, 0.25) is 0 Å². The fourth-order valence-corrected chi connectivity index (χ4v) is 4.60. The fraction of sp³-hybridized carbons (Fsp3) is 0.400. The van der Waals surface area contributed by atoms with Crippen LogP contribution in [0.25, 0.3) is 5.70 Å². The van der Waals surface area contributed by atoms with Crippen molar-refractivity contribution in [3.8, 4) is 0 Å². The van der Waals surface area contributed by atoms with Gasteiger partial charge in [-0.05, 0) is 31.7 Å². The van der Waals surface area contributed by atoms with Crippen LogP contribution in [-0.4, -0.2) is 41.0 Å². The first-order valence-corrected chi connectivity index (χ1v) is 13.5. The summed E-state index contributed by atoms with van der Waals surface area (Å²) in [6.45, 7) is 11.5. The van der Waals surface area contributed by atoms with E-state index in [-0.39, 0.29) is 10.6 Å². The first kappa shape index (κ1) is 29.4. The van der Waals surface area contributed by atoms with E-state index in [9.17, 15) is 10.1 Å². The standard InChI is InChI=1S/C30H41N7O2/c1-6-8-10-11-14-24-21-27-29(30(31)33-24)34-28(15-9-7-2)36(27)19-13-12-18-32-22(3)23-16-17-25(35(4)5)26(20-23)37(38)39/h6,8,10,14,16-17,20,32H,1,3,7,9,11-13,15,18-19,21H2,2,4-5H3,(H2,31,33)/b10-8-,24-14+. The molecule has 0 aliphatic carbocycles. The van der Waals surface area contributed by atoms with Crippen LogP contribution in [0.3, 0.4) is 0 Å². The average Bonchev–Trinajstić information content (AvgIpc) is 3.26. The number of aromatic nitrogens is 2. The molecule has 2 aromatic rings.